The third kappa shape index (κ3) is 4.32. The topological polar surface area (TPSA) is 52.3 Å². The highest BCUT2D eigenvalue weighted by atomic mass is 79.9. The van der Waals surface area contributed by atoms with Gasteiger partial charge in [0.05, 0.1) is 5.92 Å². The number of benzene rings is 1. The van der Waals surface area contributed by atoms with Crippen LogP contribution < -0.4 is 5.73 Å². The van der Waals surface area contributed by atoms with Gasteiger partial charge in [-0.15, -0.1) is 0 Å². The van der Waals surface area contributed by atoms with Gasteiger partial charge in [-0.25, -0.2) is 0 Å². The highest BCUT2D eigenvalue weighted by Crippen LogP contribution is 2.29. The second kappa shape index (κ2) is 7.06. The van der Waals surface area contributed by atoms with Crippen molar-refractivity contribution in [3.63, 3.8) is 0 Å². The maximum atomic E-state index is 12.0. The minimum absolute atomic E-state index is 0.0570. The van der Waals surface area contributed by atoms with Gasteiger partial charge in [-0.2, -0.15) is 0 Å². The van der Waals surface area contributed by atoms with Gasteiger partial charge < -0.3 is 10.5 Å². The van der Waals surface area contributed by atoms with Gasteiger partial charge >= 0.3 is 5.97 Å². The lowest BCUT2D eigenvalue weighted by atomic mass is 9.82. The third-order valence-corrected chi connectivity index (χ3v) is 4.34. The zero-order chi connectivity index (χ0) is 13.7. The molecular formula is C15H20BrNO2. The molecule has 1 aromatic rings. The molecule has 0 radical (unpaired) electrons. The van der Waals surface area contributed by atoms with Crippen LogP contribution in [0, 0.1) is 11.8 Å². The minimum atomic E-state index is -0.0570. The van der Waals surface area contributed by atoms with Crippen LogP contribution in [0.2, 0.25) is 0 Å². The van der Waals surface area contributed by atoms with E-state index in [9.17, 15) is 4.79 Å². The molecule has 0 amide bonds. The Kier molecular flexibility index (Phi) is 5.40. The Morgan fingerprint density at radius 3 is 2.42 bits per heavy atom. The van der Waals surface area contributed by atoms with E-state index >= 15 is 0 Å². The van der Waals surface area contributed by atoms with Crippen LogP contribution in [-0.2, 0) is 16.1 Å². The van der Waals surface area contributed by atoms with Gasteiger partial charge in [0.25, 0.3) is 0 Å². The molecule has 3 nitrogen and oxygen atoms in total. The van der Waals surface area contributed by atoms with Crippen LogP contribution in [0.5, 0.6) is 0 Å². The van der Waals surface area contributed by atoms with Crippen LogP contribution in [0.3, 0.4) is 0 Å². The van der Waals surface area contributed by atoms with Crippen molar-refractivity contribution >= 4 is 21.9 Å². The van der Waals surface area contributed by atoms with Gasteiger partial charge in [-0.1, -0.05) is 28.1 Å². The average Bonchev–Trinajstić information content (AvgIpc) is 2.46. The summed E-state index contributed by atoms with van der Waals surface area (Å²) in [4.78, 5) is 12.0. The summed E-state index contributed by atoms with van der Waals surface area (Å²) in [6.45, 7) is 1.10. The lowest BCUT2D eigenvalue weighted by molar-refractivity contribution is -0.151. The fourth-order valence-corrected chi connectivity index (χ4v) is 2.75. The van der Waals surface area contributed by atoms with E-state index < -0.39 is 0 Å². The van der Waals surface area contributed by atoms with E-state index in [1.807, 2.05) is 24.3 Å². The molecule has 2 N–H and O–H groups in total. The molecule has 1 aliphatic carbocycles. The third-order valence-electron chi connectivity index (χ3n) is 3.81. The van der Waals surface area contributed by atoms with Crippen LogP contribution >= 0.6 is 15.9 Å². The first kappa shape index (κ1) is 14.5. The first-order chi connectivity index (χ1) is 9.19. The van der Waals surface area contributed by atoms with Crippen molar-refractivity contribution in [2.45, 2.75) is 32.3 Å². The minimum Gasteiger partial charge on any atom is -0.461 e. The Balaban J connectivity index is 1.77. The Morgan fingerprint density at radius 1 is 1.21 bits per heavy atom. The van der Waals surface area contributed by atoms with Crippen molar-refractivity contribution < 1.29 is 9.53 Å². The summed E-state index contributed by atoms with van der Waals surface area (Å²) in [5, 5.41) is 0. The van der Waals surface area contributed by atoms with E-state index in [0.717, 1.165) is 42.3 Å². The summed E-state index contributed by atoms with van der Waals surface area (Å²) in [5.41, 5.74) is 6.67. The molecule has 0 aromatic heterocycles. The summed E-state index contributed by atoms with van der Waals surface area (Å²) >= 11 is 3.38. The van der Waals surface area contributed by atoms with E-state index in [4.69, 9.17) is 10.5 Å². The van der Waals surface area contributed by atoms with Crippen LogP contribution in [0.4, 0.5) is 0 Å². The second-order valence-electron chi connectivity index (χ2n) is 5.19. The zero-order valence-electron chi connectivity index (χ0n) is 11.0. The molecule has 0 bridgehead atoms. The number of carbonyl (C=O) groups excluding carboxylic acids is 1. The maximum Gasteiger partial charge on any atom is 0.309 e. The molecule has 0 aliphatic heterocycles. The Hall–Kier alpha value is -0.870. The number of hydrogen-bond donors (Lipinski definition) is 1. The molecule has 1 saturated carbocycles. The zero-order valence-corrected chi connectivity index (χ0v) is 12.6. The predicted octanol–water partition coefficient (Wildman–Crippen LogP) is 3.26. The van der Waals surface area contributed by atoms with Gasteiger partial charge in [0, 0.05) is 4.47 Å². The van der Waals surface area contributed by atoms with E-state index in [1.165, 1.54) is 0 Å². The first-order valence-electron chi connectivity index (χ1n) is 6.80. The molecule has 1 aromatic carbocycles. The smallest absolute Gasteiger partial charge is 0.309 e. The number of esters is 1. The van der Waals surface area contributed by atoms with Gasteiger partial charge in [-0.3, -0.25) is 4.79 Å². The van der Waals surface area contributed by atoms with Gasteiger partial charge in [0.1, 0.15) is 6.61 Å². The standard InChI is InChI=1S/C15H20BrNO2/c16-14-7-3-12(4-8-14)10-19-15(18)13-5-1-11(9-17)2-6-13/h3-4,7-8,11,13H,1-2,5-6,9-10,17H2. The van der Waals surface area contributed by atoms with Crippen LogP contribution in [0.15, 0.2) is 28.7 Å². The van der Waals surface area contributed by atoms with Crippen LogP contribution in [-0.4, -0.2) is 12.5 Å². The Morgan fingerprint density at radius 2 is 1.84 bits per heavy atom. The van der Waals surface area contributed by atoms with Gasteiger partial charge in [0.15, 0.2) is 0 Å². The van der Waals surface area contributed by atoms with E-state index in [1.54, 1.807) is 0 Å². The lowest BCUT2D eigenvalue weighted by Gasteiger charge is -2.26. The quantitative estimate of drug-likeness (QED) is 0.864. The van der Waals surface area contributed by atoms with E-state index in [-0.39, 0.29) is 11.9 Å². The summed E-state index contributed by atoms with van der Waals surface area (Å²) in [6, 6.07) is 7.83. The number of rotatable bonds is 4. The molecule has 0 heterocycles. The fraction of sp³-hybridized carbons (Fsp3) is 0.533. The summed E-state index contributed by atoms with van der Waals surface area (Å²) < 4.78 is 6.42. The molecular weight excluding hydrogens is 306 g/mol. The molecule has 0 unspecified atom stereocenters. The SMILES string of the molecule is NCC1CCC(C(=O)OCc2ccc(Br)cc2)CC1. The maximum absolute atomic E-state index is 12.0. The molecule has 0 saturated heterocycles. The van der Waals surface area contributed by atoms with Crippen molar-refractivity contribution in [3.05, 3.63) is 34.3 Å². The number of nitrogens with two attached hydrogens (primary N) is 1. The first-order valence-corrected chi connectivity index (χ1v) is 7.59. The molecule has 1 fully saturated rings. The number of carbonyl (C=O) groups is 1. The average molecular weight is 326 g/mol. The van der Waals surface area contributed by atoms with Gasteiger partial charge in [-0.05, 0) is 55.8 Å². The largest absolute Gasteiger partial charge is 0.461 e. The van der Waals surface area contributed by atoms with Crippen LogP contribution in [0.1, 0.15) is 31.2 Å². The monoisotopic (exact) mass is 325 g/mol. The van der Waals surface area contributed by atoms with Crippen molar-refractivity contribution in [1.82, 2.24) is 0 Å². The molecule has 104 valence electrons. The predicted molar refractivity (Wildman–Crippen MR) is 78.4 cm³/mol. The van der Waals surface area contributed by atoms with Crippen LogP contribution in [0.25, 0.3) is 0 Å². The highest BCUT2D eigenvalue weighted by molar-refractivity contribution is 9.10. The van der Waals surface area contributed by atoms with Crippen molar-refractivity contribution in [2.24, 2.45) is 17.6 Å². The van der Waals surface area contributed by atoms with Gasteiger partial charge in [0.2, 0.25) is 0 Å². The molecule has 0 atom stereocenters. The summed E-state index contributed by atoms with van der Waals surface area (Å²) in [7, 11) is 0. The second-order valence-corrected chi connectivity index (χ2v) is 6.10. The molecule has 4 heteroatoms. The number of hydrogen-bond acceptors (Lipinski definition) is 3. The fourth-order valence-electron chi connectivity index (χ4n) is 2.49. The molecule has 2 rings (SSSR count). The van der Waals surface area contributed by atoms with Crippen molar-refractivity contribution in [2.75, 3.05) is 6.54 Å². The Labute approximate surface area is 122 Å². The molecule has 0 spiro atoms. The number of halogens is 1. The summed E-state index contributed by atoms with van der Waals surface area (Å²) in [5.74, 6) is 0.604. The number of ether oxygens (including phenoxy) is 1. The van der Waals surface area contributed by atoms with E-state index in [0.29, 0.717) is 12.5 Å². The highest BCUT2D eigenvalue weighted by Gasteiger charge is 2.26. The molecule has 19 heavy (non-hydrogen) atoms. The molecule has 1 aliphatic rings. The van der Waals surface area contributed by atoms with Crippen molar-refractivity contribution in [1.29, 1.82) is 0 Å². The Bertz CT molecular complexity index is 411. The lowest BCUT2D eigenvalue weighted by Crippen LogP contribution is -2.26. The van der Waals surface area contributed by atoms with Crippen molar-refractivity contribution in [3.8, 4) is 0 Å². The van der Waals surface area contributed by atoms with E-state index in [2.05, 4.69) is 15.9 Å². The summed E-state index contributed by atoms with van der Waals surface area (Å²) in [6.07, 6.45) is 3.94. The normalized spacial score (nSPS) is 23.1.